The summed E-state index contributed by atoms with van der Waals surface area (Å²) >= 11 is 0. The fraction of sp³-hybridized carbons (Fsp3) is 0.542. The summed E-state index contributed by atoms with van der Waals surface area (Å²) in [6.45, 7) is 6.10. The number of unbranched alkanes of at least 4 members (excludes halogenated alkanes) is 1. The van der Waals surface area contributed by atoms with Crippen molar-refractivity contribution < 1.29 is 23.7 Å². The molecule has 0 amide bonds. The van der Waals surface area contributed by atoms with Crippen LogP contribution in [0.25, 0.3) is 11.3 Å². The highest BCUT2D eigenvalue weighted by Crippen LogP contribution is 2.41. The standard InChI is InChI=1S/C24H32N2O5/c1-4-5-10-30-17-13-21-19-6-7-22(27-2)24(28-3)20(19)8-9-26(21)23(14-17)25-15-18-16-29-11-12-31-18/h6-7,13-14,18H,4-5,8-12,15-16H2,1-3H3/b25-23+. The van der Waals surface area contributed by atoms with Gasteiger partial charge in [0.15, 0.2) is 11.5 Å². The molecule has 7 nitrogen and oxygen atoms in total. The maximum absolute atomic E-state index is 6.08. The molecular formula is C24H32N2O5. The van der Waals surface area contributed by atoms with Gasteiger partial charge in [0.1, 0.15) is 17.3 Å². The number of fused-ring (bicyclic) bond motifs is 3. The molecule has 0 bridgehead atoms. The average Bonchev–Trinajstić information content (AvgIpc) is 2.82. The maximum Gasteiger partial charge on any atom is 0.164 e. The summed E-state index contributed by atoms with van der Waals surface area (Å²) < 4.78 is 30.8. The Morgan fingerprint density at radius 1 is 1.16 bits per heavy atom. The SMILES string of the molecule is CCCCOc1cc2n(/c(=N/CC3COCCO3)c1)CCc1c-2ccc(OC)c1OC. The number of aromatic nitrogens is 1. The van der Waals surface area contributed by atoms with E-state index in [9.17, 15) is 0 Å². The quantitative estimate of drug-likeness (QED) is 0.604. The van der Waals surface area contributed by atoms with Crippen LogP contribution in [0.3, 0.4) is 0 Å². The molecule has 168 valence electrons. The Kier molecular flexibility index (Phi) is 7.14. The summed E-state index contributed by atoms with van der Waals surface area (Å²) in [5.41, 5.74) is 4.26. The van der Waals surface area contributed by atoms with Crippen LogP contribution in [0.4, 0.5) is 0 Å². The summed E-state index contributed by atoms with van der Waals surface area (Å²) in [5.74, 6) is 2.39. The third-order valence-corrected chi connectivity index (χ3v) is 5.74. The van der Waals surface area contributed by atoms with E-state index in [0.29, 0.717) is 33.0 Å². The van der Waals surface area contributed by atoms with E-state index >= 15 is 0 Å². The molecule has 2 aliphatic heterocycles. The van der Waals surface area contributed by atoms with Crippen LogP contribution in [0, 0.1) is 0 Å². The monoisotopic (exact) mass is 428 g/mol. The number of hydrogen-bond acceptors (Lipinski definition) is 6. The topological polar surface area (TPSA) is 63.4 Å². The molecule has 2 aliphatic rings. The lowest BCUT2D eigenvalue weighted by molar-refractivity contribution is -0.0835. The zero-order valence-electron chi connectivity index (χ0n) is 18.7. The molecule has 2 aromatic rings. The van der Waals surface area contributed by atoms with Crippen molar-refractivity contribution in [3.05, 3.63) is 35.3 Å². The predicted octanol–water partition coefficient (Wildman–Crippen LogP) is 3.22. The Balaban J connectivity index is 1.76. The molecule has 0 saturated carbocycles. The first-order valence-corrected chi connectivity index (χ1v) is 11.1. The summed E-state index contributed by atoms with van der Waals surface area (Å²) in [6.07, 6.45) is 2.95. The highest BCUT2D eigenvalue weighted by Gasteiger charge is 2.23. The Bertz CT molecular complexity index is 963. The van der Waals surface area contributed by atoms with Gasteiger partial charge in [0, 0.05) is 29.8 Å². The van der Waals surface area contributed by atoms with Crippen LogP contribution >= 0.6 is 0 Å². The minimum atomic E-state index is -0.00472. The largest absolute Gasteiger partial charge is 0.493 e. The fourth-order valence-electron chi connectivity index (χ4n) is 4.13. The van der Waals surface area contributed by atoms with Crippen molar-refractivity contribution in [2.45, 2.75) is 38.8 Å². The van der Waals surface area contributed by atoms with Crippen molar-refractivity contribution in [3.63, 3.8) is 0 Å². The van der Waals surface area contributed by atoms with Crippen molar-refractivity contribution in [1.29, 1.82) is 0 Å². The third kappa shape index (κ3) is 4.72. The Morgan fingerprint density at radius 3 is 2.81 bits per heavy atom. The van der Waals surface area contributed by atoms with Gasteiger partial charge >= 0.3 is 0 Å². The van der Waals surface area contributed by atoms with Crippen LogP contribution in [0.2, 0.25) is 0 Å². The summed E-state index contributed by atoms with van der Waals surface area (Å²) in [7, 11) is 3.36. The molecule has 3 heterocycles. The number of pyridine rings is 1. The molecule has 4 rings (SSSR count). The molecule has 1 fully saturated rings. The van der Waals surface area contributed by atoms with Crippen molar-refractivity contribution >= 4 is 0 Å². The third-order valence-electron chi connectivity index (χ3n) is 5.74. The van der Waals surface area contributed by atoms with Crippen LogP contribution in [0.15, 0.2) is 29.3 Å². The second-order valence-corrected chi connectivity index (χ2v) is 7.77. The molecule has 1 aromatic heterocycles. The molecule has 1 saturated heterocycles. The first-order valence-electron chi connectivity index (χ1n) is 11.1. The van der Waals surface area contributed by atoms with E-state index < -0.39 is 0 Å². The van der Waals surface area contributed by atoms with Crippen LogP contribution in [0.5, 0.6) is 17.2 Å². The van der Waals surface area contributed by atoms with Crippen molar-refractivity contribution in [3.8, 4) is 28.5 Å². The van der Waals surface area contributed by atoms with Crippen LogP contribution in [-0.4, -0.2) is 57.9 Å². The van der Waals surface area contributed by atoms with E-state index in [2.05, 4.69) is 23.6 Å². The molecule has 1 unspecified atom stereocenters. The highest BCUT2D eigenvalue weighted by atomic mass is 16.6. The van der Waals surface area contributed by atoms with E-state index in [-0.39, 0.29) is 6.10 Å². The second kappa shape index (κ2) is 10.2. The predicted molar refractivity (Wildman–Crippen MR) is 118 cm³/mol. The number of benzene rings is 1. The van der Waals surface area contributed by atoms with E-state index in [1.807, 2.05) is 12.1 Å². The number of rotatable bonds is 8. The Labute approximate surface area is 183 Å². The normalized spacial score (nSPS) is 18.3. The molecule has 1 atom stereocenters. The fourth-order valence-corrected chi connectivity index (χ4v) is 4.13. The number of nitrogens with zero attached hydrogens (tertiary/aromatic N) is 2. The van der Waals surface area contributed by atoms with Crippen LogP contribution in [0.1, 0.15) is 25.3 Å². The van der Waals surface area contributed by atoms with E-state index in [1.54, 1.807) is 14.2 Å². The van der Waals surface area contributed by atoms with Gasteiger partial charge in [-0.15, -0.1) is 0 Å². The Hall–Kier alpha value is -2.51. The maximum atomic E-state index is 6.08. The molecule has 0 radical (unpaired) electrons. The number of ether oxygens (including phenoxy) is 5. The molecule has 0 aliphatic carbocycles. The smallest absolute Gasteiger partial charge is 0.164 e. The molecule has 7 heteroatoms. The molecular weight excluding hydrogens is 396 g/mol. The minimum absolute atomic E-state index is 0.00472. The van der Waals surface area contributed by atoms with Crippen molar-refractivity contribution in [1.82, 2.24) is 4.57 Å². The first kappa shape index (κ1) is 21.7. The van der Waals surface area contributed by atoms with E-state index in [4.69, 9.17) is 28.7 Å². The average molecular weight is 429 g/mol. The summed E-state index contributed by atoms with van der Waals surface area (Å²) in [6, 6.07) is 8.20. The molecule has 0 spiro atoms. The van der Waals surface area contributed by atoms with Gasteiger partial charge in [0.05, 0.1) is 52.9 Å². The molecule has 0 N–H and O–H groups in total. The number of hydrogen-bond donors (Lipinski definition) is 0. The van der Waals surface area contributed by atoms with Crippen LogP contribution < -0.4 is 19.7 Å². The zero-order valence-corrected chi connectivity index (χ0v) is 18.7. The van der Waals surface area contributed by atoms with Crippen molar-refractivity contribution in [2.75, 3.05) is 47.2 Å². The minimum Gasteiger partial charge on any atom is -0.493 e. The second-order valence-electron chi connectivity index (χ2n) is 7.77. The van der Waals surface area contributed by atoms with Gasteiger partial charge in [-0.2, -0.15) is 0 Å². The van der Waals surface area contributed by atoms with Gasteiger partial charge in [-0.25, -0.2) is 0 Å². The molecule has 31 heavy (non-hydrogen) atoms. The summed E-state index contributed by atoms with van der Waals surface area (Å²) in [5, 5.41) is 0. The van der Waals surface area contributed by atoms with Gasteiger partial charge in [-0.1, -0.05) is 13.3 Å². The summed E-state index contributed by atoms with van der Waals surface area (Å²) in [4.78, 5) is 4.90. The lowest BCUT2D eigenvalue weighted by Gasteiger charge is -2.26. The molecule has 1 aromatic carbocycles. The van der Waals surface area contributed by atoms with Gasteiger partial charge in [-0.3, -0.25) is 4.99 Å². The lowest BCUT2D eigenvalue weighted by Crippen LogP contribution is -2.33. The highest BCUT2D eigenvalue weighted by molar-refractivity contribution is 5.72. The Morgan fingerprint density at radius 2 is 2.06 bits per heavy atom. The van der Waals surface area contributed by atoms with E-state index in [0.717, 1.165) is 65.4 Å². The van der Waals surface area contributed by atoms with Gasteiger partial charge in [-0.05, 0) is 25.0 Å². The lowest BCUT2D eigenvalue weighted by atomic mass is 9.95. The van der Waals surface area contributed by atoms with E-state index in [1.165, 1.54) is 0 Å². The van der Waals surface area contributed by atoms with Gasteiger partial charge < -0.3 is 28.3 Å². The van der Waals surface area contributed by atoms with Crippen LogP contribution in [-0.2, 0) is 22.4 Å². The first-order chi connectivity index (χ1) is 15.2. The van der Waals surface area contributed by atoms with Gasteiger partial charge in [0.2, 0.25) is 0 Å². The zero-order chi connectivity index (χ0) is 21.6. The number of methoxy groups -OCH3 is 2. The van der Waals surface area contributed by atoms with Gasteiger partial charge in [0.25, 0.3) is 0 Å². The van der Waals surface area contributed by atoms with Crippen molar-refractivity contribution in [2.24, 2.45) is 4.99 Å².